The third-order valence-corrected chi connectivity index (χ3v) is 3.44. The zero-order valence-corrected chi connectivity index (χ0v) is 13.1. The van der Waals surface area contributed by atoms with Crippen molar-refractivity contribution in [1.82, 2.24) is 5.32 Å². The van der Waals surface area contributed by atoms with E-state index in [1.807, 2.05) is 0 Å². The number of alkyl halides is 1. The molecular formula is C15H30ClNO. The minimum absolute atomic E-state index is 0.138. The van der Waals surface area contributed by atoms with Crippen molar-refractivity contribution < 1.29 is 4.79 Å². The number of carbonyl (C=O) groups excluding carboxylic acids is 1. The molecule has 0 aliphatic heterocycles. The Kier molecular flexibility index (Phi) is 11.7. The molecule has 0 spiro atoms. The fourth-order valence-electron chi connectivity index (χ4n) is 2.10. The molecule has 1 N–H and O–H groups in total. The number of nitrogens with one attached hydrogen (secondary N) is 1. The van der Waals surface area contributed by atoms with E-state index in [0.29, 0.717) is 18.2 Å². The van der Waals surface area contributed by atoms with E-state index in [-0.39, 0.29) is 11.9 Å². The van der Waals surface area contributed by atoms with E-state index in [0.717, 1.165) is 12.8 Å². The topological polar surface area (TPSA) is 29.1 Å². The first kappa shape index (κ1) is 17.8. The van der Waals surface area contributed by atoms with Gasteiger partial charge in [0.1, 0.15) is 0 Å². The smallest absolute Gasteiger partial charge is 0.220 e. The van der Waals surface area contributed by atoms with E-state index >= 15 is 0 Å². The Morgan fingerprint density at radius 2 is 1.72 bits per heavy atom. The molecule has 0 aliphatic carbocycles. The van der Waals surface area contributed by atoms with Crippen molar-refractivity contribution in [3.8, 4) is 0 Å². The Hall–Kier alpha value is -0.240. The minimum atomic E-state index is 0.138. The monoisotopic (exact) mass is 275 g/mol. The van der Waals surface area contributed by atoms with Crippen molar-refractivity contribution in [2.24, 2.45) is 5.92 Å². The Balaban J connectivity index is 3.56. The van der Waals surface area contributed by atoms with E-state index in [4.69, 9.17) is 11.6 Å². The molecule has 108 valence electrons. The lowest BCUT2D eigenvalue weighted by molar-refractivity contribution is -0.121. The van der Waals surface area contributed by atoms with Crippen LogP contribution in [0, 0.1) is 5.92 Å². The van der Waals surface area contributed by atoms with Gasteiger partial charge in [0, 0.05) is 18.3 Å². The van der Waals surface area contributed by atoms with Gasteiger partial charge < -0.3 is 5.32 Å². The predicted octanol–water partition coefficient (Wildman–Crippen LogP) is 4.51. The van der Waals surface area contributed by atoms with Gasteiger partial charge in [-0.15, -0.1) is 11.6 Å². The Morgan fingerprint density at radius 1 is 1.11 bits per heavy atom. The van der Waals surface area contributed by atoms with E-state index in [9.17, 15) is 4.79 Å². The van der Waals surface area contributed by atoms with Gasteiger partial charge in [-0.05, 0) is 18.8 Å². The maximum absolute atomic E-state index is 11.7. The molecule has 0 aromatic heterocycles. The zero-order chi connectivity index (χ0) is 13.8. The van der Waals surface area contributed by atoms with Crippen LogP contribution in [-0.2, 0) is 4.79 Å². The molecule has 0 fully saturated rings. The fraction of sp³-hybridized carbons (Fsp3) is 0.933. The van der Waals surface area contributed by atoms with Crippen LogP contribution in [0.3, 0.4) is 0 Å². The normalized spacial score (nSPS) is 12.7. The summed E-state index contributed by atoms with van der Waals surface area (Å²) in [4.78, 5) is 11.7. The number of hydrogen-bond donors (Lipinski definition) is 1. The van der Waals surface area contributed by atoms with E-state index in [2.05, 4.69) is 26.1 Å². The predicted molar refractivity (Wildman–Crippen MR) is 80.1 cm³/mol. The number of halogens is 1. The van der Waals surface area contributed by atoms with Crippen LogP contribution in [0.15, 0.2) is 0 Å². The van der Waals surface area contributed by atoms with Gasteiger partial charge in [0.25, 0.3) is 0 Å². The third kappa shape index (κ3) is 10.9. The molecular weight excluding hydrogens is 246 g/mol. The Morgan fingerprint density at radius 3 is 2.28 bits per heavy atom. The summed E-state index contributed by atoms with van der Waals surface area (Å²) >= 11 is 5.86. The van der Waals surface area contributed by atoms with Crippen LogP contribution in [0.1, 0.15) is 72.1 Å². The summed E-state index contributed by atoms with van der Waals surface area (Å²) in [6.07, 6.45) is 8.93. The highest BCUT2D eigenvalue weighted by molar-refractivity contribution is 6.18. The molecule has 0 saturated heterocycles. The molecule has 0 bridgehead atoms. The highest BCUT2D eigenvalue weighted by atomic mass is 35.5. The molecule has 0 heterocycles. The Labute approximate surface area is 118 Å². The zero-order valence-electron chi connectivity index (χ0n) is 12.3. The molecule has 0 aliphatic rings. The number of carbonyl (C=O) groups is 1. The van der Waals surface area contributed by atoms with Crippen LogP contribution in [-0.4, -0.2) is 17.8 Å². The summed E-state index contributed by atoms with van der Waals surface area (Å²) in [5.41, 5.74) is 0. The van der Waals surface area contributed by atoms with Gasteiger partial charge in [-0.25, -0.2) is 0 Å². The van der Waals surface area contributed by atoms with Crippen molar-refractivity contribution >= 4 is 17.5 Å². The maximum atomic E-state index is 11.7. The maximum Gasteiger partial charge on any atom is 0.220 e. The van der Waals surface area contributed by atoms with Crippen LogP contribution in [0.2, 0.25) is 0 Å². The van der Waals surface area contributed by atoms with Crippen molar-refractivity contribution in [2.45, 2.75) is 78.2 Å². The molecule has 1 unspecified atom stereocenters. The first-order chi connectivity index (χ1) is 8.60. The minimum Gasteiger partial charge on any atom is -0.352 e. The highest BCUT2D eigenvalue weighted by Crippen LogP contribution is 2.09. The molecule has 1 atom stereocenters. The first-order valence-electron chi connectivity index (χ1n) is 7.45. The molecule has 0 rings (SSSR count). The number of hydrogen-bond acceptors (Lipinski definition) is 1. The quantitative estimate of drug-likeness (QED) is 0.436. The number of rotatable bonds is 11. The van der Waals surface area contributed by atoms with Gasteiger partial charge in [-0.1, -0.05) is 52.9 Å². The van der Waals surface area contributed by atoms with Crippen molar-refractivity contribution in [3.63, 3.8) is 0 Å². The summed E-state index contributed by atoms with van der Waals surface area (Å²) in [6.45, 7) is 6.52. The van der Waals surface area contributed by atoms with Crippen LogP contribution in [0.4, 0.5) is 0 Å². The molecule has 0 saturated carbocycles. The summed E-state index contributed by atoms with van der Waals surface area (Å²) in [5.74, 6) is 1.25. The summed E-state index contributed by atoms with van der Waals surface area (Å²) < 4.78 is 0. The molecule has 18 heavy (non-hydrogen) atoms. The molecule has 0 aromatic carbocycles. The standard InChI is InChI=1S/C15H30ClNO/c1-4-5-6-7-8-9-10-15(18)17-14(12-16)11-13(2)3/h13-14H,4-12H2,1-3H3,(H,17,18). The van der Waals surface area contributed by atoms with E-state index in [1.165, 1.54) is 32.1 Å². The van der Waals surface area contributed by atoms with Crippen LogP contribution in [0.25, 0.3) is 0 Å². The lowest BCUT2D eigenvalue weighted by Gasteiger charge is -2.18. The SMILES string of the molecule is CCCCCCCCC(=O)NC(CCl)CC(C)C. The summed E-state index contributed by atoms with van der Waals surface area (Å²) in [6, 6.07) is 0.138. The molecule has 3 heteroatoms. The van der Waals surface area contributed by atoms with Crippen LogP contribution in [0.5, 0.6) is 0 Å². The van der Waals surface area contributed by atoms with Gasteiger partial charge in [0.15, 0.2) is 0 Å². The summed E-state index contributed by atoms with van der Waals surface area (Å²) in [5, 5.41) is 3.03. The lowest BCUT2D eigenvalue weighted by Crippen LogP contribution is -2.36. The molecule has 0 radical (unpaired) electrons. The second-order valence-electron chi connectivity index (χ2n) is 5.57. The average Bonchev–Trinajstić information content (AvgIpc) is 2.32. The van der Waals surface area contributed by atoms with Gasteiger partial charge >= 0.3 is 0 Å². The summed E-state index contributed by atoms with van der Waals surface area (Å²) in [7, 11) is 0. The molecule has 2 nitrogen and oxygen atoms in total. The number of unbranched alkanes of at least 4 members (excludes halogenated alkanes) is 5. The second-order valence-corrected chi connectivity index (χ2v) is 5.87. The fourth-order valence-corrected chi connectivity index (χ4v) is 2.30. The van der Waals surface area contributed by atoms with Gasteiger partial charge in [-0.2, -0.15) is 0 Å². The van der Waals surface area contributed by atoms with Crippen molar-refractivity contribution in [3.05, 3.63) is 0 Å². The first-order valence-corrected chi connectivity index (χ1v) is 7.98. The van der Waals surface area contributed by atoms with Crippen molar-refractivity contribution in [2.75, 3.05) is 5.88 Å². The van der Waals surface area contributed by atoms with Gasteiger partial charge in [0.05, 0.1) is 0 Å². The lowest BCUT2D eigenvalue weighted by atomic mass is 10.0. The number of amides is 1. The molecule has 1 amide bonds. The largest absolute Gasteiger partial charge is 0.352 e. The highest BCUT2D eigenvalue weighted by Gasteiger charge is 2.12. The van der Waals surface area contributed by atoms with E-state index in [1.54, 1.807) is 0 Å². The van der Waals surface area contributed by atoms with Crippen molar-refractivity contribution in [1.29, 1.82) is 0 Å². The van der Waals surface area contributed by atoms with Gasteiger partial charge in [0.2, 0.25) is 5.91 Å². The average molecular weight is 276 g/mol. The van der Waals surface area contributed by atoms with E-state index < -0.39 is 0 Å². The Bertz CT molecular complexity index is 207. The van der Waals surface area contributed by atoms with Crippen LogP contribution >= 0.6 is 11.6 Å². The third-order valence-electron chi connectivity index (χ3n) is 3.06. The second kappa shape index (κ2) is 11.8. The van der Waals surface area contributed by atoms with Gasteiger partial charge in [-0.3, -0.25) is 4.79 Å². The molecule has 0 aromatic rings. The van der Waals surface area contributed by atoms with Crippen LogP contribution < -0.4 is 5.32 Å².